The Morgan fingerprint density at radius 2 is 1.50 bits per heavy atom. The van der Waals surface area contributed by atoms with Crippen LogP contribution in [0.15, 0.2) is 60.7 Å². The van der Waals surface area contributed by atoms with Gasteiger partial charge in [-0.25, -0.2) is 0 Å². The minimum atomic E-state index is -2.70. The van der Waals surface area contributed by atoms with Crippen molar-refractivity contribution in [3.05, 3.63) is 60.7 Å². The molecule has 0 bridgehead atoms. The lowest BCUT2D eigenvalue weighted by Crippen LogP contribution is -2.67. The van der Waals surface area contributed by atoms with E-state index in [2.05, 4.69) is 56.9 Å². The molecule has 1 unspecified atom stereocenters. The lowest BCUT2D eigenvalue weighted by atomic mass is 9.98. The second-order valence-electron chi connectivity index (χ2n) is 8.15. The van der Waals surface area contributed by atoms with Gasteiger partial charge >= 0.3 is 0 Å². The van der Waals surface area contributed by atoms with Crippen molar-refractivity contribution in [2.75, 3.05) is 6.61 Å². The standard InChI is InChI=1S/C24H30O3Si/c1-5-24(26,18-12-13-19-25)20-27-28(23(2,3)4,21-14-8-6-9-15-21)22-16-10-7-11-17-22/h6-11,14-17,19,26H,5,18,20H2,1-4H3. The van der Waals surface area contributed by atoms with E-state index in [0.29, 0.717) is 12.7 Å². The molecule has 0 spiro atoms. The van der Waals surface area contributed by atoms with Crippen LogP contribution in [0.25, 0.3) is 0 Å². The van der Waals surface area contributed by atoms with E-state index in [4.69, 9.17) is 4.43 Å². The molecular formula is C24H30O3Si. The summed E-state index contributed by atoms with van der Waals surface area (Å²) in [4.78, 5) is 10.5. The van der Waals surface area contributed by atoms with Crippen LogP contribution < -0.4 is 10.4 Å². The van der Waals surface area contributed by atoms with Crippen LogP contribution in [0.1, 0.15) is 40.5 Å². The number of aliphatic hydroxyl groups is 1. The molecule has 1 atom stereocenters. The van der Waals surface area contributed by atoms with E-state index >= 15 is 0 Å². The van der Waals surface area contributed by atoms with Crippen molar-refractivity contribution < 1.29 is 14.3 Å². The zero-order valence-electron chi connectivity index (χ0n) is 17.2. The average molecular weight is 395 g/mol. The Labute approximate surface area is 169 Å². The highest BCUT2D eigenvalue weighted by Crippen LogP contribution is 2.37. The van der Waals surface area contributed by atoms with Gasteiger partial charge in [0.25, 0.3) is 8.32 Å². The van der Waals surface area contributed by atoms with Crippen LogP contribution in [0.5, 0.6) is 0 Å². The molecule has 0 aromatic heterocycles. The van der Waals surface area contributed by atoms with Gasteiger partial charge in [-0.1, -0.05) is 94.3 Å². The van der Waals surface area contributed by atoms with Gasteiger partial charge in [-0.05, 0) is 27.8 Å². The van der Waals surface area contributed by atoms with Gasteiger partial charge in [0.2, 0.25) is 0 Å². The predicted octanol–water partition coefficient (Wildman–Crippen LogP) is 3.30. The maximum Gasteiger partial charge on any atom is 0.261 e. The number of hydrogen-bond donors (Lipinski definition) is 1. The van der Waals surface area contributed by atoms with E-state index < -0.39 is 13.9 Å². The largest absolute Gasteiger partial charge is 0.404 e. The molecule has 0 fully saturated rings. The molecule has 0 heterocycles. The smallest absolute Gasteiger partial charge is 0.261 e. The summed E-state index contributed by atoms with van der Waals surface area (Å²) in [6.07, 6.45) is 1.26. The first-order chi connectivity index (χ1) is 13.3. The van der Waals surface area contributed by atoms with Crippen molar-refractivity contribution in [2.24, 2.45) is 0 Å². The summed E-state index contributed by atoms with van der Waals surface area (Å²) < 4.78 is 6.79. The summed E-state index contributed by atoms with van der Waals surface area (Å²) in [7, 11) is -2.70. The van der Waals surface area contributed by atoms with Gasteiger partial charge in [0.1, 0.15) is 0 Å². The highest BCUT2D eigenvalue weighted by Gasteiger charge is 2.51. The quantitative estimate of drug-likeness (QED) is 0.445. The number of aldehydes is 1. The zero-order chi connectivity index (χ0) is 20.7. The molecule has 0 radical (unpaired) electrons. The topological polar surface area (TPSA) is 46.5 Å². The van der Waals surface area contributed by atoms with Gasteiger partial charge < -0.3 is 9.53 Å². The normalized spacial score (nSPS) is 13.9. The fourth-order valence-electron chi connectivity index (χ4n) is 3.54. The van der Waals surface area contributed by atoms with E-state index in [0.717, 1.165) is 0 Å². The van der Waals surface area contributed by atoms with Gasteiger partial charge in [0, 0.05) is 6.42 Å². The van der Waals surface area contributed by atoms with Crippen molar-refractivity contribution in [1.29, 1.82) is 0 Å². The van der Waals surface area contributed by atoms with Crippen LogP contribution in [0.2, 0.25) is 5.04 Å². The maximum absolute atomic E-state index is 11.0. The molecule has 0 aliphatic rings. The highest BCUT2D eigenvalue weighted by atomic mass is 28.4. The third kappa shape index (κ3) is 4.80. The fraction of sp³-hybridized carbons (Fsp3) is 0.375. The summed E-state index contributed by atoms with van der Waals surface area (Å²) in [5.74, 6) is 5.14. The van der Waals surface area contributed by atoms with Gasteiger partial charge in [-0.15, -0.1) is 0 Å². The van der Waals surface area contributed by atoms with E-state index in [1.807, 2.05) is 43.3 Å². The molecule has 1 N–H and O–H groups in total. The molecule has 0 aliphatic heterocycles. The third-order valence-electron chi connectivity index (χ3n) is 5.21. The van der Waals surface area contributed by atoms with Crippen molar-refractivity contribution >= 4 is 25.0 Å². The van der Waals surface area contributed by atoms with Crippen LogP contribution >= 0.6 is 0 Å². The molecular weight excluding hydrogens is 364 g/mol. The van der Waals surface area contributed by atoms with E-state index in [1.165, 1.54) is 10.4 Å². The minimum Gasteiger partial charge on any atom is -0.404 e. The second kappa shape index (κ2) is 9.34. The Kier molecular flexibility index (Phi) is 7.37. The molecule has 0 saturated carbocycles. The average Bonchev–Trinajstić information content (AvgIpc) is 2.69. The SMILES string of the molecule is CCC(O)(CC#CC=O)CO[Si](c1ccccc1)(c1ccccc1)C(C)(C)C. The summed E-state index contributed by atoms with van der Waals surface area (Å²) in [5.41, 5.74) is -1.09. The van der Waals surface area contributed by atoms with E-state index in [9.17, 15) is 9.90 Å². The van der Waals surface area contributed by atoms with E-state index in [1.54, 1.807) is 0 Å². The first-order valence-corrected chi connectivity index (χ1v) is 11.6. The summed E-state index contributed by atoms with van der Waals surface area (Å²) in [6.45, 7) is 8.70. The van der Waals surface area contributed by atoms with Crippen molar-refractivity contribution in [3.63, 3.8) is 0 Å². The lowest BCUT2D eigenvalue weighted by Gasteiger charge is -2.44. The van der Waals surface area contributed by atoms with Crippen molar-refractivity contribution in [3.8, 4) is 11.8 Å². The Bertz CT molecular complexity index is 776. The number of rotatable bonds is 7. The maximum atomic E-state index is 11.0. The molecule has 0 saturated heterocycles. The lowest BCUT2D eigenvalue weighted by molar-refractivity contribution is -0.103. The molecule has 2 aromatic rings. The summed E-state index contributed by atoms with van der Waals surface area (Å²) >= 11 is 0. The second-order valence-corrected chi connectivity index (χ2v) is 12.5. The molecule has 2 aromatic carbocycles. The molecule has 28 heavy (non-hydrogen) atoms. The molecule has 3 nitrogen and oxygen atoms in total. The van der Waals surface area contributed by atoms with Crippen molar-refractivity contribution in [1.82, 2.24) is 0 Å². The number of carbonyl (C=O) groups excluding carboxylic acids is 1. The highest BCUT2D eigenvalue weighted by molar-refractivity contribution is 6.99. The van der Waals surface area contributed by atoms with Crippen LogP contribution in [0, 0.1) is 11.8 Å². The van der Waals surface area contributed by atoms with E-state index in [-0.39, 0.29) is 18.1 Å². The van der Waals surface area contributed by atoms with Crippen LogP contribution in [-0.2, 0) is 9.22 Å². The number of hydrogen-bond acceptors (Lipinski definition) is 3. The number of benzene rings is 2. The molecule has 0 amide bonds. The molecule has 148 valence electrons. The Balaban J connectivity index is 2.54. The van der Waals surface area contributed by atoms with Gasteiger partial charge in [0.05, 0.1) is 12.2 Å². The summed E-state index contributed by atoms with van der Waals surface area (Å²) in [6, 6.07) is 20.7. The molecule has 2 rings (SSSR count). The fourth-order valence-corrected chi connectivity index (χ4v) is 8.18. The van der Waals surface area contributed by atoms with Gasteiger partial charge in [-0.2, -0.15) is 0 Å². The minimum absolute atomic E-state index is 0.154. The van der Waals surface area contributed by atoms with Gasteiger partial charge in [0.15, 0.2) is 6.29 Å². The molecule has 0 aliphatic carbocycles. The first-order valence-electron chi connectivity index (χ1n) is 9.68. The Morgan fingerprint density at radius 3 is 1.89 bits per heavy atom. The van der Waals surface area contributed by atoms with Gasteiger partial charge in [-0.3, -0.25) is 4.79 Å². The van der Waals surface area contributed by atoms with Crippen LogP contribution in [0.4, 0.5) is 0 Å². The Hall–Kier alpha value is -2.19. The molecule has 4 heteroatoms. The predicted molar refractivity (Wildman–Crippen MR) is 117 cm³/mol. The third-order valence-corrected chi connectivity index (χ3v) is 10.2. The van der Waals surface area contributed by atoms with Crippen molar-refractivity contribution in [2.45, 2.75) is 51.2 Å². The summed E-state index contributed by atoms with van der Waals surface area (Å²) in [5, 5.41) is 13.2. The van der Waals surface area contributed by atoms with Crippen LogP contribution in [0.3, 0.4) is 0 Å². The monoisotopic (exact) mass is 394 g/mol. The number of carbonyl (C=O) groups is 1. The van der Waals surface area contributed by atoms with Crippen LogP contribution in [-0.4, -0.2) is 31.9 Å². The zero-order valence-corrected chi connectivity index (χ0v) is 18.2. The first kappa shape index (κ1) is 22.1. The Morgan fingerprint density at radius 1 is 1.00 bits per heavy atom.